The van der Waals surface area contributed by atoms with Crippen molar-refractivity contribution in [2.45, 2.75) is 19.4 Å². The number of carbonyl (C=O) groups excluding carboxylic acids is 1. The van der Waals surface area contributed by atoms with E-state index in [0.717, 1.165) is 5.56 Å². The van der Waals surface area contributed by atoms with Crippen molar-refractivity contribution in [3.8, 4) is 0 Å². The molecule has 6 nitrogen and oxygen atoms in total. The minimum atomic E-state index is -0.923. The first-order chi connectivity index (χ1) is 9.08. The molecule has 2 heterocycles. The number of morpholine rings is 1. The summed E-state index contributed by atoms with van der Waals surface area (Å²) in [5.41, 5.74) is 1.23. The van der Waals surface area contributed by atoms with E-state index in [0.29, 0.717) is 25.4 Å². The lowest BCUT2D eigenvalue weighted by Crippen LogP contribution is -2.46. The molecule has 0 aromatic carbocycles. The monoisotopic (exact) mass is 264 g/mol. The highest BCUT2D eigenvalue weighted by atomic mass is 16.5. The second-order valence-electron chi connectivity index (χ2n) is 4.51. The highest BCUT2D eigenvalue weighted by molar-refractivity contribution is 5.93. The summed E-state index contributed by atoms with van der Waals surface area (Å²) in [5, 5.41) is 8.76. The third-order valence-corrected chi connectivity index (χ3v) is 3.04. The fraction of sp³-hybridized carbons (Fsp3) is 0.462. The van der Waals surface area contributed by atoms with Gasteiger partial charge in [0.05, 0.1) is 19.1 Å². The van der Waals surface area contributed by atoms with Crippen LogP contribution >= 0.6 is 0 Å². The van der Waals surface area contributed by atoms with Crippen LogP contribution in [0.15, 0.2) is 18.3 Å². The van der Waals surface area contributed by atoms with Gasteiger partial charge < -0.3 is 14.7 Å². The zero-order chi connectivity index (χ0) is 13.8. The number of amides is 1. The number of aromatic nitrogens is 1. The van der Waals surface area contributed by atoms with Crippen LogP contribution in [0.4, 0.5) is 0 Å². The van der Waals surface area contributed by atoms with E-state index >= 15 is 0 Å². The molecule has 1 aliphatic heterocycles. The van der Waals surface area contributed by atoms with E-state index in [1.807, 2.05) is 13.0 Å². The topological polar surface area (TPSA) is 79.7 Å². The summed E-state index contributed by atoms with van der Waals surface area (Å²) in [6.45, 7) is 2.94. The smallest absolute Gasteiger partial charge is 0.306 e. The third-order valence-electron chi connectivity index (χ3n) is 3.04. The van der Waals surface area contributed by atoms with E-state index in [1.54, 1.807) is 17.2 Å². The number of nitrogens with zero attached hydrogens (tertiary/aromatic N) is 2. The molecule has 6 heteroatoms. The van der Waals surface area contributed by atoms with Crippen molar-refractivity contribution >= 4 is 11.9 Å². The summed E-state index contributed by atoms with van der Waals surface area (Å²) in [4.78, 5) is 28.7. The molecular weight excluding hydrogens is 248 g/mol. The van der Waals surface area contributed by atoms with E-state index in [1.165, 1.54) is 0 Å². The Kier molecular flexibility index (Phi) is 4.11. The maximum absolute atomic E-state index is 12.3. The van der Waals surface area contributed by atoms with Gasteiger partial charge in [-0.25, -0.2) is 0 Å². The summed E-state index contributed by atoms with van der Waals surface area (Å²) in [7, 11) is 0. The van der Waals surface area contributed by atoms with Crippen LogP contribution in [0, 0.1) is 6.92 Å². The number of ether oxygens (including phenoxy) is 1. The standard InChI is InChI=1S/C13H16N2O4/c1-9-3-2-4-14-12(9)13(18)15-5-6-19-10(8-15)7-11(16)17/h2-4,10H,5-8H2,1H3,(H,16,17). The lowest BCUT2D eigenvalue weighted by Gasteiger charge is -2.32. The number of carbonyl (C=O) groups is 2. The number of aliphatic carboxylic acids is 1. The van der Waals surface area contributed by atoms with Gasteiger partial charge in [-0.3, -0.25) is 14.6 Å². The van der Waals surface area contributed by atoms with Gasteiger partial charge >= 0.3 is 5.97 Å². The Hall–Kier alpha value is -1.95. The van der Waals surface area contributed by atoms with Crippen molar-refractivity contribution in [3.63, 3.8) is 0 Å². The van der Waals surface area contributed by atoms with Gasteiger partial charge in [0.15, 0.2) is 0 Å². The molecule has 0 saturated carbocycles. The van der Waals surface area contributed by atoms with Crippen molar-refractivity contribution in [1.82, 2.24) is 9.88 Å². The molecule has 0 radical (unpaired) electrons. The van der Waals surface area contributed by atoms with E-state index in [4.69, 9.17) is 9.84 Å². The average Bonchev–Trinajstić information content (AvgIpc) is 2.38. The van der Waals surface area contributed by atoms with Crippen LogP contribution in [0.2, 0.25) is 0 Å². The van der Waals surface area contributed by atoms with Gasteiger partial charge in [-0.1, -0.05) is 6.07 Å². The molecule has 102 valence electrons. The molecule has 1 fully saturated rings. The molecule has 1 saturated heterocycles. The molecule has 1 aromatic heterocycles. The molecule has 1 N–H and O–H groups in total. The normalized spacial score (nSPS) is 19.2. The largest absolute Gasteiger partial charge is 0.481 e. The minimum Gasteiger partial charge on any atom is -0.481 e. The van der Waals surface area contributed by atoms with Crippen molar-refractivity contribution in [2.75, 3.05) is 19.7 Å². The van der Waals surface area contributed by atoms with Gasteiger partial charge in [0, 0.05) is 19.3 Å². The fourth-order valence-electron chi connectivity index (χ4n) is 2.08. The number of carboxylic acids is 1. The first kappa shape index (κ1) is 13.5. The maximum Gasteiger partial charge on any atom is 0.306 e. The first-order valence-electron chi connectivity index (χ1n) is 6.12. The van der Waals surface area contributed by atoms with E-state index in [2.05, 4.69) is 4.98 Å². The Balaban J connectivity index is 2.07. The Labute approximate surface area is 111 Å². The highest BCUT2D eigenvalue weighted by Crippen LogP contribution is 2.13. The quantitative estimate of drug-likeness (QED) is 0.869. The molecule has 1 unspecified atom stereocenters. The predicted molar refractivity (Wildman–Crippen MR) is 66.9 cm³/mol. The second-order valence-corrected chi connectivity index (χ2v) is 4.51. The van der Waals surface area contributed by atoms with Crippen molar-refractivity contribution in [1.29, 1.82) is 0 Å². The Morgan fingerprint density at radius 3 is 3.05 bits per heavy atom. The predicted octanol–water partition coefficient (Wildman–Crippen LogP) is 0.706. The Bertz CT molecular complexity index is 489. The third kappa shape index (κ3) is 3.29. The van der Waals surface area contributed by atoms with Gasteiger partial charge in [0.25, 0.3) is 5.91 Å². The minimum absolute atomic E-state index is 0.0923. The van der Waals surface area contributed by atoms with Crippen LogP contribution in [0.5, 0.6) is 0 Å². The molecule has 0 bridgehead atoms. The van der Waals surface area contributed by atoms with Gasteiger partial charge in [-0.05, 0) is 18.6 Å². The number of carboxylic acid groups (broad SMARTS) is 1. The van der Waals surface area contributed by atoms with Gasteiger partial charge in [0.2, 0.25) is 0 Å². The summed E-state index contributed by atoms with van der Waals surface area (Å²) in [6.07, 6.45) is 1.04. The summed E-state index contributed by atoms with van der Waals surface area (Å²) < 4.78 is 5.34. The molecule has 1 aliphatic rings. The van der Waals surface area contributed by atoms with Crippen LogP contribution in [-0.2, 0) is 9.53 Å². The van der Waals surface area contributed by atoms with Crippen LogP contribution in [0.1, 0.15) is 22.5 Å². The molecule has 1 atom stereocenters. The second kappa shape index (κ2) is 5.79. The van der Waals surface area contributed by atoms with Gasteiger partial charge in [-0.2, -0.15) is 0 Å². The van der Waals surface area contributed by atoms with Crippen LogP contribution < -0.4 is 0 Å². The highest BCUT2D eigenvalue weighted by Gasteiger charge is 2.27. The van der Waals surface area contributed by atoms with Gasteiger partial charge in [0.1, 0.15) is 5.69 Å². The van der Waals surface area contributed by atoms with E-state index < -0.39 is 12.1 Å². The zero-order valence-corrected chi connectivity index (χ0v) is 10.7. The average molecular weight is 264 g/mol. The molecule has 2 rings (SSSR count). The van der Waals surface area contributed by atoms with Crippen LogP contribution in [0.3, 0.4) is 0 Å². The Morgan fingerprint density at radius 2 is 2.37 bits per heavy atom. The first-order valence-corrected chi connectivity index (χ1v) is 6.12. The number of aryl methyl sites for hydroxylation is 1. The van der Waals surface area contributed by atoms with Gasteiger partial charge in [-0.15, -0.1) is 0 Å². The number of rotatable bonds is 3. The lowest BCUT2D eigenvalue weighted by molar-refractivity contribution is -0.141. The Morgan fingerprint density at radius 1 is 1.58 bits per heavy atom. The molecule has 1 aromatic rings. The SMILES string of the molecule is Cc1cccnc1C(=O)N1CCOC(CC(=O)O)C1. The van der Waals surface area contributed by atoms with Crippen molar-refractivity contribution in [3.05, 3.63) is 29.6 Å². The summed E-state index contributed by atoms with van der Waals surface area (Å²) in [6, 6.07) is 3.61. The van der Waals surface area contributed by atoms with E-state index in [-0.39, 0.29) is 12.3 Å². The number of hydrogen-bond acceptors (Lipinski definition) is 4. The molecule has 19 heavy (non-hydrogen) atoms. The van der Waals surface area contributed by atoms with Crippen molar-refractivity contribution in [2.24, 2.45) is 0 Å². The number of pyridine rings is 1. The van der Waals surface area contributed by atoms with E-state index in [9.17, 15) is 9.59 Å². The summed E-state index contributed by atoms with van der Waals surface area (Å²) >= 11 is 0. The van der Waals surface area contributed by atoms with Crippen LogP contribution in [-0.4, -0.2) is 52.7 Å². The van der Waals surface area contributed by atoms with Crippen molar-refractivity contribution < 1.29 is 19.4 Å². The molecule has 1 amide bonds. The molecular formula is C13H16N2O4. The summed E-state index contributed by atoms with van der Waals surface area (Å²) in [5.74, 6) is -1.09. The molecule has 0 aliphatic carbocycles. The lowest BCUT2D eigenvalue weighted by atomic mass is 10.1. The number of hydrogen-bond donors (Lipinski definition) is 1. The van der Waals surface area contributed by atoms with Crippen LogP contribution in [0.25, 0.3) is 0 Å². The molecule has 0 spiro atoms. The zero-order valence-electron chi connectivity index (χ0n) is 10.7. The fourth-order valence-corrected chi connectivity index (χ4v) is 2.08. The maximum atomic E-state index is 12.3.